The molecule has 1 heterocycles. The monoisotopic (exact) mass is 462 g/mol. The Morgan fingerprint density at radius 3 is 2.58 bits per heavy atom. The van der Waals surface area contributed by atoms with E-state index in [1.807, 2.05) is 38.1 Å². The third-order valence-electron chi connectivity index (χ3n) is 4.73. The number of rotatable bonds is 6. The second kappa shape index (κ2) is 10.2. The number of anilines is 1. The van der Waals surface area contributed by atoms with Crippen LogP contribution in [0.1, 0.15) is 41.1 Å². The van der Waals surface area contributed by atoms with Gasteiger partial charge >= 0.3 is 5.97 Å². The summed E-state index contributed by atoms with van der Waals surface area (Å²) in [6.45, 7) is 7.31. The molecule has 1 aromatic heterocycles. The molecule has 3 aromatic rings. The lowest BCUT2D eigenvalue weighted by atomic mass is 10.1. The Morgan fingerprint density at radius 2 is 1.88 bits per heavy atom. The summed E-state index contributed by atoms with van der Waals surface area (Å²) >= 11 is 6.13. The number of furan rings is 1. The van der Waals surface area contributed by atoms with E-state index in [9.17, 15) is 14.9 Å². The third-order valence-corrected chi connectivity index (χ3v) is 4.96. The average molecular weight is 463 g/mol. The van der Waals surface area contributed by atoms with Crippen LogP contribution in [0, 0.1) is 25.2 Å². The van der Waals surface area contributed by atoms with Crippen molar-refractivity contribution in [1.82, 2.24) is 0 Å². The number of amides is 1. The second-order valence-electron chi connectivity index (χ2n) is 7.79. The highest BCUT2D eigenvalue weighted by Gasteiger charge is 2.19. The molecule has 0 bridgehead atoms. The van der Waals surface area contributed by atoms with Gasteiger partial charge in [0.05, 0.1) is 11.7 Å². The standard InChI is InChI=1S/C26H23ClN2O4/c1-15(2)32-26(31)21-9-7-19(27)13-22(21)24-10-8-20(33-24)12-18(14-28)25(30)29-23-11-16(3)5-6-17(23)4/h5-13,15H,1-4H3,(H,29,30)/b18-12+. The van der Waals surface area contributed by atoms with Gasteiger partial charge in [0.2, 0.25) is 0 Å². The summed E-state index contributed by atoms with van der Waals surface area (Å²) in [5, 5.41) is 12.7. The van der Waals surface area contributed by atoms with Gasteiger partial charge in [0, 0.05) is 22.3 Å². The van der Waals surface area contributed by atoms with Gasteiger partial charge in [0.15, 0.2) is 0 Å². The first kappa shape index (κ1) is 23.8. The minimum absolute atomic E-state index is 0.123. The van der Waals surface area contributed by atoms with E-state index in [4.69, 9.17) is 20.8 Å². The molecule has 2 aromatic carbocycles. The molecule has 0 spiro atoms. The quantitative estimate of drug-likeness (QED) is 0.262. The van der Waals surface area contributed by atoms with Gasteiger partial charge in [-0.05, 0) is 75.2 Å². The molecule has 0 aliphatic carbocycles. The number of carbonyl (C=O) groups excluding carboxylic acids is 2. The zero-order valence-electron chi connectivity index (χ0n) is 18.7. The van der Waals surface area contributed by atoms with Crippen LogP contribution in [0.4, 0.5) is 5.69 Å². The average Bonchev–Trinajstić information content (AvgIpc) is 3.22. The summed E-state index contributed by atoms with van der Waals surface area (Å²) in [6.07, 6.45) is 1.06. The molecule has 3 rings (SSSR count). The zero-order chi connectivity index (χ0) is 24.1. The van der Waals surface area contributed by atoms with Gasteiger partial charge in [0.1, 0.15) is 23.2 Å². The number of hydrogen-bond acceptors (Lipinski definition) is 5. The van der Waals surface area contributed by atoms with E-state index in [1.54, 1.807) is 44.2 Å². The van der Waals surface area contributed by atoms with E-state index in [2.05, 4.69) is 5.32 Å². The molecule has 6 nitrogen and oxygen atoms in total. The van der Waals surface area contributed by atoms with Crippen molar-refractivity contribution in [2.45, 2.75) is 33.8 Å². The highest BCUT2D eigenvalue weighted by molar-refractivity contribution is 6.31. The van der Waals surface area contributed by atoms with Crippen LogP contribution in [0.5, 0.6) is 0 Å². The lowest BCUT2D eigenvalue weighted by Crippen LogP contribution is -2.14. The van der Waals surface area contributed by atoms with Gasteiger partial charge in [-0.3, -0.25) is 4.79 Å². The van der Waals surface area contributed by atoms with E-state index in [-0.39, 0.29) is 17.4 Å². The molecule has 0 saturated heterocycles. The van der Waals surface area contributed by atoms with Gasteiger partial charge in [-0.15, -0.1) is 0 Å². The fourth-order valence-corrected chi connectivity index (χ4v) is 3.27. The van der Waals surface area contributed by atoms with Crippen LogP contribution in [-0.4, -0.2) is 18.0 Å². The molecular weight excluding hydrogens is 440 g/mol. The first-order valence-electron chi connectivity index (χ1n) is 10.3. The molecule has 0 aliphatic heterocycles. The third kappa shape index (κ3) is 5.91. The summed E-state index contributed by atoms with van der Waals surface area (Å²) in [5.74, 6) is -0.420. The van der Waals surface area contributed by atoms with Crippen molar-refractivity contribution >= 4 is 35.2 Å². The number of ether oxygens (including phenoxy) is 1. The summed E-state index contributed by atoms with van der Waals surface area (Å²) in [6, 6.07) is 15.6. The SMILES string of the molecule is Cc1ccc(C)c(NC(=O)/C(C#N)=C/c2ccc(-c3cc(Cl)ccc3C(=O)OC(C)C)o2)c1. The summed E-state index contributed by atoms with van der Waals surface area (Å²) < 4.78 is 11.1. The number of esters is 1. The van der Waals surface area contributed by atoms with E-state index in [0.29, 0.717) is 27.6 Å². The number of halogens is 1. The molecule has 0 atom stereocenters. The normalized spacial score (nSPS) is 11.2. The summed E-state index contributed by atoms with van der Waals surface area (Å²) in [5.41, 5.74) is 3.13. The number of nitriles is 1. The predicted molar refractivity (Wildman–Crippen MR) is 128 cm³/mol. The fraction of sp³-hybridized carbons (Fsp3) is 0.192. The molecule has 1 amide bonds. The molecule has 0 aliphatic rings. The number of carbonyl (C=O) groups is 2. The largest absolute Gasteiger partial charge is 0.459 e. The van der Waals surface area contributed by atoms with Crippen LogP contribution in [0.25, 0.3) is 17.4 Å². The van der Waals surface area contributed by atoms with E-state index in [1.165, 1.54) is 6.08 Å². The van der Waals surface area contributed by atoms with Crippen LogP contribution in [0.15, 0.2) is 58.5 Å². The van der Waals surface area contributed by atoms with Crippen molar-refractivity contribution < 1.29 is 18.7 Å². The predicted octanol–water partition coefficient (Wildman–Crippen LogP) is 6.33. The second-order valence-corrected chi connectivity index (χ2v) is 8.22. The highest BCUT2D eigenvalue weighted by atomic mass is 35.5. The van der Waals surface area contributed by atoms with E-state index < -0.39 is 11.9 Å². The molecule has 7 heteroatoms. The Labute approximate surface area is 197 Å². The van der Waals surface area contributed by atoms with Crippen LogP contribution in [-0.2, 0) is 9.53 Å². The minimum atomic E-state index is -0.548. The Kier molecular flexibility index (Phi) is 7.37. The minimum Gasteiger partial charge on any atom is -0.459 e. The van der Waals surface area contributed by atoms with E-state index in [0.717, 1.165) is 11.1 Å². The Hall–Kier alpha value is -3.82. The molecule has 0 unspecified atom stereocenters. The van der Waals surface area contributed by atoms with Crippen LogP contribution in [0.3, 0.4) is 0 Å². The van der Waals surface area contributed by atoms with Crippen molar-refractivity contribution in [1.29, 1.82) is 5.26 Å². The molecule has 33 heavy (non-hydrogen) atoms. The van der Waals surface area contributed by atoms with Crippen LogP contribution >= 0.6 is 11.6 Å². The number of nitrogens with one attached hydrogen (secondary N) is 1. The van der Waals surface area contributed by atoms with E-state index >= 15 is 0 Å². The van der Waals surface area contributed by atoms with Gasteiger partial charge < -0.3 is 14.5 Å². The maximum absolute atomic E-state index is 12.7. The van der Waals surface area contributed by atoms with Crippen molar-refractivity contribution in [2.24, 2.45) is 0 Å². The van der Waals surface area contributed by atoms with Gasteiger partial charge in [-0.25, -0.2) is 4.79 Å². The van der Waals surface area contributed by atoms with Gasteiger partial charge in [-0.1, -0.05) is 23.7 Å². The van der Waals surface area contributed by atoms with Gasteiger partial charge in [0.25, 0.3) is 5.91 Å². The lowest BCUT2D eigenvalue weighted by Gasteiger charge is -2.11. The van der Waals surface area contributed by atoms with Crippen LogP contribution in [0.2, 0.25) is 5.02 Å². The van der Waals surface area contributed by atoms with Crippen molar-refractivity contribution in [3.63, 3.8) is 0 Å². The zero-order valence-corrected chi connectivity index (χ0v) is 19.5. The summed E-state index contributed by atoms with van der Waals surface area (Å²) in [7, 11) is 0. The Bertz CT molecular complexity index is 1280. The molecule has 0 fully saturated rings. The highest BCUT2D eigenvalue weighted by Crippen LogP contribution is 2.30. The first-order chi connectivity index (χ1) is 15.7. The van der Waals surface area contributed by atoms with Crippen molar-refractivity contribution in [3.8, 4) is 17.4 Å². The number of aryl methyl sites for hydroxylation is 2. The maximum atomic E-state index is 12.7. The summed E-state index contributed by atoms with van der Waals surface area (Å²) in [4.78, 5) is 25.1. The topological polar surface area (TPSA) is 92.3 Å². The van der Waals surface area contributed by atoms with Crippen molar-refractivity contribution in [2.75, 3.05) is 5.32 Å². The van der Waals surface area contributed by atoms with Crippen molar-refractivity contribution in [3.05, 3.63) is 81.6 Å². The first-order valence-corrected chi connectivity index (χ1v) is 10.7. The molecule has 1 N–H and O–H groups in total. The lowest BCUT2D eigenvalue weighted by molar-refractivity contribution is -0.112. The molecule has 168 valence electrons. The fourth-order valence-electron chi connectivity index (χ4n) is 3.10. The Morgan fingerprint density at radius 1 is 1.12 bits per heavy atom. The van der Waals surface area contributed by atoms with Gasteiger partial charge in [-0.2, -0.15) is 5.26 Å². The molecule has 0 saturated carbocycles. The number of hydrogen-bond donors (Lipinski definition) is 1. The van der Waals surface area contributed by atoms with Crippen LogP contribution < -0.4 is 5.32 Å². The smallest absolute Gasteiger partial charge is 0.339 e. The maximum Gasteiger partial charge on any atom is 0.339 e. The number of nitrogens with zero attached hydrogens (tertiary/aromatic N) is 1. The molecule has 0 radical (unpaired) electrons. The number of benzene rings is 2. The molecular formula is C26H23ClN2O4. The Balaban J connectivity index is 1.90.